The zero-order valence-electron chi connectivity index (χ0n) is 12.1. The van der Waals surface area contributed by atoms with Crippen LogP contribution >= 0.6 is 0 Å². The SMILES string of the molecule is COC1(CNc2c(C(=O)O)cnc3c2cnn3C)CCC1. The first-order valence-electron chi connectivity index (χ1n) is 6.89. The molecule has 0 unspecified atom stereocenters. The van der Waals surface area contributed by atoms with Gasteiger partial charge in [-0.15, -0.1) is 0 Å². The van der Waals surface area contributed by atoms with Crippen molar-refractivity contribution in [3.8, 4) is 0 Å². The normalized spacial score (nSPS) is 16.7. The van der Waals surface area contributed by atoms with Crippen LogP contribution in [-0.4, -0.2) is 45.1 Å². The van der Waals surface area contributed by atoms with Gasteiger partial charge in [0.05, 0.1) is 22.9 Å². The van der Waals surface area contributed by atoms with E-state index < -0.39 is 5.97 Å². The molecule has 0 aliphatic heterocycles. The number of methoxy groups -OCH3 is 1. The van der Waals surface area contributed by atoms with Gasteiger partial charge >= 0.3 is 5.97 Å². The molecule has 1 fully saturated rings. The second-order valence-electron chi connectivity index (χ2n) is 5.45. The molecule has 0 radical (unpaired) electrons. The molecule has 0 amide bonds. The first-order chi connectivity index (χ1) is 10.1. The number of carboxylic acid groups (broad SMARTS) is 1. The highest BCUT2D eigenvalue weighted by Crippen LogP contribution is 2.36. The highest BCUT2D eigenvalue weighted by molar-refractivity contribution is 6.03. The van der Waals surface area contributed by atoms with Gasteiger partial charge in [0.25, 0.3) is 0 Å². The van der Waals surface area contributed by atoms with Crippen molar-refractivity contribution in [2.75, 3.05) is 19.0 Å². The van der Waals surface area contributed by atoms with E-state index in [4.69, 9.17) is 4.74 Å². The molecule has 3 rings (SSSR count). The van der Waals surface area contributed by atoms with Crippen molar-refractivity contribution in [1.29, 1.82) is 0 Å². The largest absolute Gasteiger partial charge is 0.478 e. The van der Waals surface area contributed by atoms with E-state index in [2.05, 4.69) is 15.4 Å². The zero-order chi connectivity index (χ0) is 15.0. The van der Waals surface area contributed by atoms with Crippen LogP contribution in [0.1, 0.15) is 29.6 Å². The van der Waals surface area contributed by atoms with Crippen molar-refractivity contribution in [3.05, 3.63) is 18.0 Å². The minimum atomic E-state index is -1.00. The summed E-state index contributed by atoms with van der Waals surface area (Å²) in [6.45, 7) is 0.581. The van der Waals surface area contributed by atoms with E-state index in [1.807, 2.05) is 0 Å². The maximum atomic E-state index is 11.4. The summed E-state index contributed by atoms with van der Waals surface area (Å²) in [7, 11) is 3.48. The summed E-state index contributed by atoms with van der Waals surface area (Å²) in [5.41, 5.74) is 1.18. The van der Waals surface area contributed by atoms with Crippen molar-refractivity contribution < 1.29 is 14.6 Å². The number of aryl methyl sites for hydroxylation is 1. The third kappa shape index (κ3) is 2.23. The van der Waals surface area contributed by atoms with Crippen molar-refractivity contribution in [2.45, 2.75) is 24.9 Å². The summed E-state index contributed by atoms with van der Waals surface area (Å²) in [6, 6.07) is 0. The molecule has 7 nitrogen and oxygen atoms in total. The van der Waals surface area contributed by atoms with E-state index in [0.29, 0.717) is 23.3 Å². The van der Waals surface area contributed by atoms with E-state index >= 15 is 0 Å². The minimum Gasteiger partial charge on any atom is -0.478 e. The molecule has 1 aliphatic rings. The Labute approximate surface area is 121 Å². The number of fused-ring (bicyclic) bond motifs is 1. The number of rotatable bonds is 5. The number of aromatic carboxylic acids is 1. The molecule has 1 aliphatic carbocycles. The minimum absolute atomic E-state index is 0.154. The van der Waals surface area contributed by atoms with Crippen LogP contribution in [-0.2, 0) is 11.8 Å². The molecule has 112 valence electrons. The number of nitrogens with zero attached hydrogens (tertiary/aromatic N) is 3. The molecule has 7 heteroatoms. The average molecular weight is 290 g/mol. The van der Waals surface area contributed by atoms with Crippen LogP contribution in [0.2, 0.25) is 0 Å². The van der Waals surface area contributed by atoms with Gasteiger partial charge in [0.1, 0.15) is 5.56 Å². The quantitative estimate of drug-likeness (QED) is 0.870. The number of anilines is 1. The number of aromatic nitrogens is 3. The number of carbonyl (C=O) groups is 1. The van der Waals surface area contributed by atoms with E-state index in [1.165, 1.54) is 6.20 Å². The Morgan fingerprint density at radius 1 is 1.52 bits per heavy atom. The molecular formula is C14H18N4O3. The summed E-state index contributed by atoms with van der Waals surface area (Å²) >= 11 is 0. The number of nitrogens with one attached hydrogen (secondary N) is 1. The molecule has 21 heavy (non-hydrogen) atoms. The highest BCUT2D eigenvalue weighted by Gasteiger charge is 2.37. The Balaban J connectivity index is 1.98. The lowest BCUT2D eigenvalue weighted by atomic mass is 9.80. The number of hydrogen-bond donors (Lipinski definition) is 2. The van der Waals surface area contributed by atoms with Crippen LogP contribution < -0.4 is 5.32 Å². The lowest BCUT2D eigenvalue weighted by Crippen LogP contribution is -2.45. The second-order valence-corrected chi connectivity index (χ2v) is 5.45. The Kier molecular flexibility index (Phi) is 3.29. The van der Waals surface area contributed by atoms with Gasteiger partial charge in [0.15, 0.2) is 5.65 Å². The molecule has 0 bridgehead atoms. The van der Waals surface area contributed by atoms with Crippen molar-refractivity contribution in [2.24, 2.45) is 7.05 Å². The fraction of sp³-hybridized carbons (Fsp3) is 0.500. The zero-order valence-corrected chi connectivity index (χ0v) is 12.1. The van der Waals surface area contributed by atoms with E-state index in [0.717, 1.165) is 19.3 Å². The van der Waals surface area contributed by atoms with Crippen LogP contribution in [0.4, 0.5) is 5.69 Å². The lowest BCUT2D eigenvalue weighted by molar-refractivity contribution is -0.0601. The first kappa shape index (κ1) is 13.8. The molecule has 0 saturated heterocycles. The van der Waals surface area contributed by atoms with Gasteiger partial charge in [-0.2, -0.15) is 5.10 Å². The number of pyridine rings is 1. The number of hydrogen-bond acceptors (Lipinski definition) is 5. The topological polar surface area (TPSA) is 89.3 Å². The van der Waals surface area contributed by atoms with Gasteiger partial charge < -0.3 is 15.2 Å². The van der Waals surface area contributed by atoms with Crippen LogP contribution in [0.5, 0.6) is 0 Å². The highest BCUT2D eigenvalue weighted by atomic mass is 16.5. The van der Waals surface area contributed by atoms with Gasteiger partial charge in [-0.25, -0.2) is 9.78 Å². The third-order valence-corrected chi connectivity index (χ3v) is 4.28. The molecule has 2 heterocycles. The molecule has 0 aromatic carbocycles. The summed E-state index contributed by atoms with van der Waals surface area (Å²) in [5, 5.41) is 17.5. The summed E-state index contributed by atoms with van der Waals surface area (Å²) < 4.78 is 7.19. The monoisotopic (exact) mass is 290 g/mol. The Hall–Kier alpha value is -2.15. The Morgan fingerprint density at radius 2 is 2.29 bits per heavy atom. The Morgan fingerprint density at radius 3 is 2.86 bits per heavy atom. The smallest absolute Gasteiger partial charge is 0.339 e. The average Bonchev–Trinajstić information content (AvgIpc) is 2.80. The molecular weight excluding hydrogens is 272 g/mol. The van der Waals surface area contributed by atoms with Gasteiger partial charge in [0, 0.05) is 26.9 Å². The summed E-state index contributed by atoms with van der Waals surface area (Å²) in [5.74, 6) is -1.00. The van der Waals surface area contributed by atoms with Crippen LogP contribution in [0.3, 0.4) is 0 Å². The standard InChI is InChI=1S/C14H18N4O3/c1-18-12-9(7-17-18)11(10(6-15-12)13(19)20)16-8-14(21-2)4-3-5-14/h6-7H,3-5,8H2,1-2H3,(H,15,16)(H,19,20). The Bertz CT molecular complexity index is 685. The van der Waals surface area contributed by atoms with E-state index in [1.54, 1.807) is 25.0 Å². The summed E-state index contributed by atoms with van der Waals surface area (Å²) in [6.07, 6.45) is 6.12. The van der Waals surface area contributed by atoms with Gasteiger partial charge in [-0.3, -0.25) is 4.68 Å². The van der Waals surface area contributed by atoms with Crippen molar-refractivity contribution >= 4 is 22.7 Å². The van der Waals surface area contributed by atoms with Gasteiger partial charge in [-0.1, -0.05) is 0 Å². The number of carboxylic acids is 1. The first-order valence-corrected chi connectivity index (χ1v) is 6.89. The van der Waals surface area contributed by atoms with E-state index in [9.17, 15) is 9.90 Å². The molecule has 2 N–H and O–H groups in total. The molecule has 1 saturated carbocycles. The molecule has 0 atom stereocenters. The predicted molar refractivity (Wildman–Crippen MR) is 77.5 cm³/mol. The molecule has 0 spiro atoms. The maximum Gasteiger partial charge on any atom is 0.339 e. The van der Waals surface area contributed by atoms with Crippen molar-refractivity contribution in [1.82, 2.24) is 14.8 Å². The third-order valence-electron chi connectivity index (χ3n) is 4.28. The van der Waals surface area contributed by atoms with Crippen LogP contribution in [0, 0.1) is 0 Å². The summed E-state index contributed by atoms with van der Waals surface area (Å²) in [4.78, 5) is 15.6. The molecule has 2 aromatic heterocycles. The second kappa shape index (κ2) is 5.00. The van der Waals surface area contributed by atoms with Crippen LogP contribution in [0.25, 0.3) is 11.0 Å². The maximum absolute atomic E-state index is 11.4. The van der Waals surface area contributed by atoms with Crippen LogP contribution in [0.15, 0.2) is 12.4 Å². The lowest BCUT2D eigenvalue weighted by Gasteiger charge is -2.40. The predicted octanol–water partition coefficient (Wildman–Crippen LogP) is 1.65. The fourth-order valence-electron chi connectivity index (χ4n) is 2.72. The van der Waals surface area contributed by atoms with E-state index in [-0.39, 0.29) is 11.2 Å². The van der Waals surface area contributed by atoms with Crippen molar-refractivity contribution in [3.63, 3.8) is 0 Å². The molecule has 2 aromatic rings. The van der Waals surface area contributed by atoms with Gasteiger partial charge in [0.2, 0.25) is 0 Å². The number of ether oxygens (including phenoxy) is 1. The fourth-order valence-corrected chi connectivity index (χ4v) is 2.72. The van der Waals surface area contributed by atoms with Gasteiger partial charge in [-0.05, 0) is 19.3 Å².